The number of nitrogens with one attached hydrogen (secondary N) is 1. The van der Waals surface area contributed by atoms with Crippen molar-refractivity contribution in [1.29, 1.82) is 0 Å². The predicted molar refractivity (Wildman–Crippen MR) is 93.4 cm³/mol. The minimum Gasteiger partial charge on any atom is -0.339 e. The Hall–Kier alpha value is -1.30. The summed E-state index contributed by atoms with van der Waals surface area (Å²) in [4.78, 5) is 30.3. The summed E-state index contributed by atoms with van der Waals surface area (Å²) >= 11 is 0. The molecule has 1 heterocycles. The van der Waals surface area contributed by atoms with Crippen LogP contribution < -0.4 is 5.32 Å². The number of nitrogens with zero attached hydrogens (tertiary/aromatic N) is 3. The third-order valence-electron chi connectivity index (χ3n) is 4.23. The van der Waals surface area contributed by atoms with Crippen molar-refractivity contribution < 1.29 is 9.59 Å². The average Bonchev–Trinajstić information content (AvgIpc) is 2.52. The molecule has 0 aromatic heterocycles. The lowest BCUT2D eigenvalue weighted by Crippen LogP contribution is -2.54. The molecule has 1 fully saturated rings. The van der Waals surface area contributed by atoms with Gasteiger partial charge < -0.3 is 20.0 Å². The van der Waals surface area contributed by atoms with Crippen LogP contribution in [0.2, 0.25) is 0 Å². The molecular weight excluding hydrogens is 292 g/mol. The maximum Gasteiger partial charge on any atom is 0.317 e. The number of urea groups is 1. The summed E-state index contributed by atoms with van der Waals surface area (Å²) in [6, 6.07) is -0.0184. The van der Waals surface area contributed by atoms with E-state index >= 15 is 0 Å². The molecule has 0 saturated carbocycles. The summed E-state index contributed by atoms with van der Waals surface area (Å²) < 4.78 is 0. The largest absolute Gasteiger partial charge is 0.339 e. The van der Waals surface area contributed by atoms with Crippen LogP contribution in [0.1, 0.15) is 41.0 Å². The monoisotopic (exact) mass is 326 g/mol. The fourth-order valence-corrected chi connectivity index (χ4v) is 2.56. The number of hydrogen-bond donors (Lipinski definition) is 1. The number of carbonyl (C=O) groups is 2. The highest BCUT2D eigenvalue weighted by Crippen LogP contribution is 2.11. The van der Waals surface area contributed by atoms with Crippen LogP contribution in [0.5, 0.6) is 0 Å². The van der Waals surface area contributed by atoms with Crippen LogP contribution in [0.4, 0.5) is 4.79 Å². The number of carbonyl (C=O) groups excluding carboxylic acids is 2. The highest BCUT2D eigenvalue weighted by atomic mass is 16.2. The van der Waals surface area contributed by atoms with Gasteiger partial charge in [0, 0.05) is 45.7 Å². The topological polar surface area (TPSA) is 55.9 Å². The number of hydrogen-bond acceptors (Lipinski definition) is 3. The molecule has 1 saturated heterocycles. The van der Waals surface area contributed by atoms with Crippen molar-refractivity contribution in [3.63, 3.8) is 0 Å². The Morgan fingerprint density at radius 1 is 1.00 bits per heavy atom. The standard InChI is InChI=1S/C17H34N4O2/c1-6-19(7-2)9-8-15(22)20-10-12-21(13-11-20)16(23)18-14-17(3,4)5/h6-14H2,1-5H3,(H,18,23). The summed E-state index contributed by atoms with van der Waals surface area (Å²) in [5.74, 6) is 0.201. The lowest BCUT2D eigenvalue weighted by molar-refractivity contribution is -0.132. The molecule has 0 aromatic carbocycles. The molecule has 6 nitrogen and oxygen atoms in total. The van der Waals surface area contributed by atoms with Crippen LogP contribution >= 0.6 is 0 Å². The molecule has 1 rings (SSSR count). The summed E-state index contributed by atoms with van der Waals surface area (Å²) in [6.45, 7) is 16.5. The Bertz CT molecular complexity index is 381. The van der Waals surface area contributed by atoms with E-state index in [-0.39, 0.29) is 17.4 Å². The van der Waals surface area contributed by atoms with Crippen molar-refractivity contribution in [2.75, 3.05) is 52.4 Å². The molecule has 134 valence electrons. The zero-order chi connectivity index (χ0) is 17.5. The van der Waals surface area contributed by atoms with Crippen molar-refractivity contribution in [2.45, 2.75) is 41.0 Å². The molecule has 0 spiro atoms. The maximum absolute atomic E-state index is 12.2. The predicted octanol–water partition coefficient (Wildman–Crippen LogP) is 1.62. The first kappa shape index (κ1) is 19.7. The van der Waals surface area contributed by atoms with Gasteiger partial charge in [-0.1, -0.05) is 34.6 Å². The number of amides is 3. The Balaban J connectivity index is 2.31. The first-order valence-corrected chi connectivity index (χ1v) is 8.79. The third-order valence-corrected chi connectivity index (χ3v) is 4.23. The van der Waals surface area contributed by atoms with E-state index in [9.17, 15) is 9.59 Å². The van der Waals surface area contributed by atoms with Crippen molar-refractivity contribution in [3.8, 4) is 0 Å². The molecule has 0 bridgehead atoms. The van der Waals surface area contributed by atoms with Crippen LogP contribution in [0, 0.1) is 5.41 Å². The molecule has 0 unspecified atom stereocenters. The average molecular weight is 326 g/mol. The maximum atomic E-state index is 12.2. The van der Waals surface area contributed by atoms with E-state index in [0.717, 1.165) is 19.6 Å². The first-order chi connectivity index (χ1) is 10.8. The van der Waals surface area contributed by atoms with Crippen molar-refractivity contribution in [3.05, 3.63) is 0 Å². The Morgan fingerprint density at radius 3 is 2.00 bits per heavy atom. The Kier molecular flexibility index (Phi) is 7.82. The van der Waals surface area contributed by atoms with Crippen LogP contribution in [-0.4, -0.2) is 79.0 Å². The second-order valence-electron chi connectivity index (χ2n) is 7.36. The van der Waals surface area contributed by atoms with Gasteiger partial charge in [-0.25, -0.2) is 4.79 Å². The smallest absolute Gasteiger partial charge is 0.317 e. The fourth-order valence-electron chi connectivity index (χ4n) is 2.56. The minimum absolute atomic E-state index is 0.0184. The summed E-state index contributed by atoms with van der Waals surface area (Å²) in [6.07, 6.45) is 0.567. The fraction of sp³-hybridized carbons (Fsp3) is 0.882. The summed E-state index contributed by atoms with van der Waals surface area (Å²) in [7, 11) is 0. The second kappa shape index (κ2) is 9.11. The molecule has 3 amide bonds. The minimum atomic E-state index is -0.0184. The van der Waals surface area contributed by atoms with E-state index in [1.54, 1.807) is 4.90 Å². The molecule has 0 aliphatic carbocycles. The molecule has 23 heavy (non-hydrogen) atoms. The van der Waals surface area contributed by atoms with Gasteiger partial charge in [-0.05, 0) is 18.5 Å². The Labute approximate surface area is 141 Å². The van der Waals surface area contributed by atoms with Gasteiger partial charge in [-0.3, -0.25) is 4.79 Å². The van der Waals surface area contributed by atoms with Crippen molar-refractivity contribution in [2.24, 2.45) is 5.41 Å². The number of rotatable bonds is 6. The summed E-state index contributed by atoms with van der Waals surface area (Å²) in [5, 5.41) is 2.97. The lowest BCUT2D eigenvalue weighted by Gasteiger charge is -2.35. The van der Waals surface area contributed by atoms with E-state index in [0.29, 0.717) is 39.1 Å². The van der Waals surface area contributed by atoms with Gasteiger partial charge in [-0.15, -0.1) is 0 Å². The molecule has 1 aliphatic heterocycles. The summed E-state index contributed by atoms with van der Waals surface area (Å²) in [5.41, 5.74) is 0.0812. The lowest BCUT2D eigenvalue weighted by atomic mass is 9.97. The molecule has 6 heteroatoms. The second-order valence-corrected chi connectivity index (χ2v) is 7.36. The molecule has 0 radical (unpaired) electrons. The van der Waals surface area contributed by atoms with Gasteiger partial charge in [0.15, 0.2) is 0 Å². The van der Waals surface area contributed by atoms with E-state index < -0.39 is 0 Å². The van der Waals surface area contributed by atoms with E-state index in [2.05, 4.69) is 44.8 Å². The van der Waals surface area contributed by atoms with Crippen LogP contribution in [0.15, 0.2) is 0 Å². The molecule has 1 N–H and O–H groups in total. The van der Waals surface area contributed by atoms with Crippen LogP contribution in [0.25, 0.3) is 0 Å². The molecule has 1 aliphatic rings. The Morgan fingerprint density at radius 2 is 1.52 bits per heavy atom. The van der Waals surface area contributed by atoms with Gasteiger partial charge in [0.25, 0.3) is 0 Å². The van der Waals surface area contributed by atoms with Crippen LogP contribution in [-0.2, 0) is 4.79 Å². The molecular formula is C17H34N4O2. The van der Waals surface area contributed by atoms with Crippen LogP contribution in [0.3, 0.4) is 0 Å². The van der Waals surface area contributed by atoms with Gasteiger partial charge in [0.1, 0.15) is 0 Å². The zero-order valence-corrected chi connectivity index (χ0v) is 15.5. The van der Waals surface area contributed by atoms with Gasteiger partial charge in [-0.2, -0.15) is 0 Å². The normalized spacial score (nSPS) is 15.9. The first-order valence-electron chi connectivity index (χ1n) is 8.79. The van der Waals surface area contributed by atoms with Gasteiger partial charge in [0.05, 0.1) is 0 Å². The van der Waals surface area contributed by atoms with E-state index in [1.165, 1.54) is 0 Å². The van der Waals surface area contributed by atoms with Crippen molar-refractivity contribution >= 4 is 11.9 Å². The van der Waals surface area contributed by atoms with E-state index in [4.69, 9.17) is 0 Å². The van der Waals surface area contributed by atoms with Gasteiger partial charge >= 0.3 is 6.03 Å². The third kappa shape index (κ3) is 7.20. The van der Waals surface area contributed by atoms with Crippen molar-refractivity contribution in [1.82, 2.24) is 20.0 Å². The highest BCUT2D eigenvalue weighted by molar-refractivity contribution is 5.77. The zero-order valence-electron chi connectivity index (χ0n) is 15.5. The number of piperazine rings is 1. The van der Waals surface area contributed by atoms with E-state index in [1.807, 2.05) is 4.90 Å². The molecule has 0 aromatic rings. The molecule has 0 atom stereocenters. The highest BCUT2D eigenvalue weighted by Gasteiger charge is 2.24. The SMILES string of the molecule is CCN(CC)CCC(=O)N1CCN(C(=O)NCC(C)(C)C)CC1. The van der Waals surface area contributed by atoms with Gasteiger partial charge in [0.2, 0.25) is 5.91 Å². The quantitative estimate of drug-likeness (QED) is 0.807.